The van der Waals surface area contributed by atoms with Crippen molar-refractivity contribution in [2.24, 2.45) is 0 Å². The molecule has 2 aliphatic rings. The lowest BCUT2D eigenvalue weighted by Crippen LogP contribution is -2.36. The number of rotatable bonds is 4. The van der Waals surface area contributed by atoms with Gasteiger partial charge in [0, 0.05) is 23.9 Å². The van der Waals surface area contributed by atoms with E-state index in [1.54, 1.807) is 18.2 Å². The SMILES string of the molecule is Cc1ccc(Nc2nc3c(c(=O)[nH]2)C(C(=O)Nc2ccc4c(c2)OCCO4)CC(=O)N3)cc1. The number of amides is 2. The topological polar surface area (TPSA) is 134 Å². The zero-order valence-electron chi connectivity index (χ0n) is 17.7. The predicted molar refractivity (Wildman–Crippen MR) is 121 cm³/mol. The Labute approximate surface area is 188 Å². The molecule has 4 N–H and O–H groups in total. The zero-order valence-corrected chi connectivity index (χ0v) is 17.7. The molecule has 0 spiro atoms. The molecule has 0 radical (unpaired) electrons. The molecule has 0 saturated carbocycles. The monoisotopic (exact) mass is 447 g/mol. The minimum Gasteiger partial charge on any atom is -0.486 e. The third-order valence-electron chi connectivity index (χ3n) is 5.39. The number of ether oxygens (including phenoxy) is 2. The van der Waals surface area contributed by atoms with E-state index >= 15 is 0 Å². The molecule has 5 rings (SSSR count). The Hall–Kier alpha value is -4.34. The summed E-state index contributed by atoms with van der Waals surface area (Å²) in [6.45, 7) is 2.85. The molecule has 0 aliphatic carbocycles. The van der Waals surface area contributed by atoms with Crippen LogP contribution in [-0.2, 0) is 9.59 Å². The van der Waals surface area contributed by atoms with Crippen molar-refractivity contribution in [1.82, 2.24) is 9.97 Å². The number of fused-ring (bicyclic) bond motifs is 2. The van der Waals surface area contributed by atoms with Gasteiger partial charge in [-0.1, -0.05) is 17.7 Å². The number of nitrogens with one attached hydrogen (secondary N) is 4. The van der Waals surface area contributed by atoms with Crippen LogP contribution in [0.1, 0.15) is 23.5 Å². The summed E-state index contributed by atoms with van der Waals surface area (Å²) in [5, 5.41) is 8.36. The van der Waals surface area contributed by atoms with Crippen LogP contribution in [0, 0.1) is 6.92 Å². The van der Waals surface area contributed by atoms with Gasteiger partial charge in [-0.2, -0.15) is 4.98 Å². The van der Waals surface area contributed by atoms with Gasteiger partial charge in [0.2, 0.25) is 17.8 Å². The number of hydrogen-bond acceptors (Lipinski definition) is 7. The first kappa shape index (κ1) is 20.6. The Balaban J connectivity index is 1.41. The number of aromatic amines is 1. The molecule has 1 unspecified atom stereocenters. The molecule has 0 bridgehead atoms. The molecule has 1 aromatic heterocycles. The molecule has 0 saturated heterocycles. The van der Waals surface area contributed by atoms with Gasteiger partial charge in [0.25, 0.3) is 5.56 Å². The summed E-state index contributed by atoms with van der Waals surface area (Å²) < 4.78 is 11.0. The molecular formula is C23H21N5O5. The molecule has 2 aliphatic heterocycles. The zero-order chi connectivity index (χ0) is 22.9. The smallest absolute Gasteiger partial charge is 0.258 e. The summed E-state index contributed by atoms with van der Waals surface area (Å²) in [4.78, 5) is 45.2. The van der Waals surface area contributed by atoms with E-state index in [2.05, 4.69) is 25.9 Å². The summed E-state index contributed by atoms with van der Waals surface area (Å²) >= 11 is 0. The normalized spacial score (nSPS) is 16.4. The van der Waals surface area contributed by atoms with Gasteiger partial charge in [0.1, 0.15) is 19.0 Å². The third-order valence-corrected chi connectivity index (χ3v) is 5.39. The van der Waals surface area contributed by atoms with E-state index in [1.165, 1.54) is 0 Å². The molecule has 10 nitrogen and oxygen atoms in total. The summed E-state index contributed by atoms with van der Waals surface area (Å²) in [6, 6.07) is 12.5. The second-order valence-electron chi connectivity index (χ2n) is 7.82. The van der Waals surface area contributed by atoms with Crippen LogP contribution >= 0.6 is 0 Å². The molecule has 3 aromatic rings. The fraction of sp³-hybridized carbons (Fsp3) is 0.217. The van der Waals surface area contributed by atoms with Crippen LogP contribution in [0.25, 0.3) is 0 Å². The fourth-order valence-corrected chi connectivity index (χ4v) is 3.78. The number of hydrogen-bond donors (Lipinski definition) is 4. The summed E-state index contributed by atoms with van der Waals surface area (Å²) in [5.74, 6) is -0.545. The van der Waals surface area contributed by atoms with E-state index in [4.69, 9.17) is 9.47 Å². The highest BCUT2D eigenvalue weighted by molar-refractivity contribution is 6.04. The van der Waals surface area contributed by atoms with E-state index < -0.39 is 23.3 Å². The van der Waals surface area contributed by atoms with Gasteiger partial charge in [-0.3, -0.25) is 19.4 Å². The minimum absolute atomic E-state index is 0.0620. The first-order chi connectivity index (χ1) is 16.0. The molecule has 2 amide bonds. The maximum atomic E-state index is 13.0. The lowest BCUT2D eigenvalue weighted by molar-refractivity contribution is -0.123. The van der Waals surface area contributed by atoms with Crippen molar-refractivity contribution in [3.63, 3.8) is 0 Å². The highest BCUT2D eigenvalue weighted by Gasteiger charge is 2.35. The standard InChI is InChI=1S/C23H21N5O5/c1-12-2-4-13(5-3-12)25-23-27-20-19(22(31)28-23)15(11-18(29)26-20)21(30)24-14-6-7-16-17(10-14)33-9-8-32-16/h2-7,10,15H,8-9,11H2,1H3,(H,24,30)(H3,25,26,27,28,29,31). The average molecular weight is 447 g/mol. The summed E-state index contributed by atoms with van der Waals surface area (Å²) in [7, 11) is 0. The number of aryl methyl sites for hydroxylation is 1. The molecule has 168 valence electrons. The van der Waals surface area contributed by atoms with Gasteiger partial charge < -0.3 is 25.4 Å². The molecule has 1 atom stereocenters. The molecule has 0 fully saturated rings. The van der Waals surface area contributed by atoms with E-state index in [0.717, 1.165) is 11.3 Å². The van der Waals surface area contributed by atoms with Crippen molar-refractivity contribution in [1.29, 1.82) is 0 Å². The number of H-pyrrole nitrogens is 1. The lowest BCUT2D eigenvalue weighted by Gasteiger charge is -2.24. The van der Waals surface area contributed by atoms with Gasteiger partial charge in [-0.15, -0.1) is 0 Å². The average Bonchev–Trinajstić information content (AvgIpc) is 2.79. The number of anilines is 4. The van der Waals surface area contributed by atoms with Crippen LogP contribution < -0.4 is 31.0 Å². The minimum atomic E-state index is -0.994. The fourth-order valence-electron chi connectivity index (χ4n) is 3.78. The van der Waals surface area contributed by atoms with Gasteiger partial charge in [-0.25, -0.2) is 0 Å². The molecule has 10 heteroatoms. The highest BCUT2D eigenvalue weighted by atomic mass is 16.6. The van der Waals surface area contributed by atoms with Crippen molar-refractivity contribution in [2.45, 2.75) is 19.3 Å². The molecule has 33 heavy (non-hydrogen) atoms. The van der Waals surface area contributed by atoms with Crippen molar-refractivity contribution in [3.05, 3.63) is 63.9 Å². The van der Waals surface area contributed by atoms with Gasteiger partial charge in [-0.05, 0) is 31.2 Å². The third kappa shape index (κ3) is 4.22. The van der Waals surface area contributed by atoms with Crippen molar-refractivity contribution < 1.29 is 19.1 Å². The Morgan fingerprint density at radius 2 is 1.76 bits per heavy atom. The summed E-state index contributed by atoms with van der Waals surface area (Å²) in [5.41, 5.74) is 1.89. The van der Waals surface area contributed by atoms with Crippen molar-refractivity contribution >= 4 is 35.0 Å². The summed E-state index contributed by atoms with van der Waals surface area (Å²) in [6.07, 6.45) is -0.168. The van der Waals surface area contributed by atoms with Crippen LogP contribution in [0.5, 0.6) is 11.5 Å². The number of carbonyl (C=O) groups excluding carboxylic acids is 2. The lowest BCUT2D eigenvalue weighted by atomic mass is 9.92. The second kappa shape index (κ2) is 8.30. The Kier molecular flexibility index (Phi) is 5.17. The maximum absolute atomic E-state index is 13.0. The first-order valence-corrected chi connectivity index (χ1v) is 10.4. The van der Waals surface area contributed by atoms with E-state index in [-0.39, 0.29) is 23.8 Å². The number of benzene rings is 2. The number of aromatic nitrogens is 2. The van der Waals surface area contributed by atoms with Crippen LogP contribution in [0.2, 0.25) is 0 Å². The Bertz CT molecular complexity index is 1300. The van der Waals surface area contributed by atoms with Crippen LogP contribution in [0.3, 0.4) is 0 Å². The van der Waals surface area contributed by atoms with Gasteiger partial charge in [0.05, 0.1) is 11.5 Å². The number of carbonyl (C=O) groups is 2. The van der Waals surface area contributed by atoms with E-state index in [9.17, 15) is 14.4 Å². The molecule has 3 heterocycles. The molecular weight excluding hydrogens is 426 g/mol. The van der Waals surface area contributed by atoms with Crippen LogP contribution in [0.15, 0.2) is 47.3 Å². The second-order valence-corrected chi connectivity index (χ2v) is 7.82. The maximum Gasteiger partial charge on any atom is 0.258 e. The predicted octanol–water partition coefficient (Wildman–Crippen LogP) is 2.66. The van der Waals surface area contributed by atoms with Gasteiger partial charge in [0.15, 0.2) is 11.5 Å². The quantitative estimate of drug-likeness (QED) is 0.483. The van der Waals surface area contributed by atoms with Crippen LogP contribution in [0.4, 0.5) is 23.1 Å². The Morgan fingerprint density at radius 1 is 1.03 bits per heavy atom. The first-order valence-electron chi connectivity index (χ1n) is 10.4. The number of nitrogens with zero attached hydrogens (tertiary/aromatic N) is 1. The molecule has 2 aromatic carbocycles. The van der Waals surface area contributed by atoms with E-state index in [0.29, 0.717) is 30.4 Å². The largest absolute Gasteiger partial charge is 0.486 e. The van der Waals surface area contributed by atoms with Gasteiger partial charge >= 0.3 is 0 Å². The Morgan fingerprint density at radius 3 is 2.55 bits per heavy atom. The highest BCUT2D eigenvalue weighted by Crippen LogP contribution is 2.34. The van der Waals surface area contributed by atoms with Crippen molar-refractivity contribution in [2.75, 3.05) is 29.2 Å². The van der Waals surface area contributed by atoms with Crippen molar-refractivity contribution in [3.8, 4) is 11.5 Å². The van der Waals surface area contributed by atoms with E-state index in [1.807, 2.05) is 31.2 Å². The van der Waals surface area contributed by atoms with Crippen LogP contribution in [-0.4, -0.2) is 35.0 Å².